The number of aromatic nitrogens is 2. The van der Waals surface area contributed by atoms with Crippen molar-refractivity contribution in [3.8, 4) is 0 Å². The molecule has 2 N–H and O–H groups in total. The molecule has 0 spiro atoms. The van der Waals surface area contributed by atoms with Crippen LogP contribution in [0.1, 0.15) is 17.0 Å². The number of hydrogen-bond acceptors (Lipinski definition) is 3. The summed E-state index contributed by atoms with van der Waals surface area (Å²) >= 11 is 0. The number of oxazole rings is 1. The number of carbonyl (C=O) groups excluding carboxylic acids is 1. The molecule has 4 aromatic rings. The van der Waals surface area contributed by atoms with Gasteiger partial charge in [0.15, 0.2) is 11.5 Å². The van der Waals surface area contributed by atoms with Crippen LogP contribution in [0.25, 0.3) is 22.0 Å². The summed E-state index contributed by atoms with van der Waals surface area (Å²) in [6, 6.07) is 13.9. The largest absolute Gasteiger partial charge is 0.441 e. The molecule has 0 saturated carbocycles. The number of benzene rings is 2. The lowest BCUT2D eigenvalue weighted by atomic mass is 10.1. The molecule has 0 unspecified atom stereocenters. The predicted molar refractivity (Wildman–Crippen MR) is 97.5 cm³/mol. The van der Waals surface area contributed by atoms with Gasteiger partial charge in [-0.05, 0) is 35.7 Å². The molecular weight excluding hydrogens is 314 g/mol. The third-order valence-electron chi connectivity index (χ3n) is 4.32. The standard InChI is InChI=1S/C20H19N3O2/c1-13-23-18-10-14(6-7-19(18)25-13)11-20(24)21-9-8-15-12-22-17-5-3-2-4-16(15)17/h2-7,10,12,22H,8-9,11H2,1H3,(H,21,24). The van der Waals surface area contributed by atoms with E-state index in [1.54, 1.807) is 0 Å². The van der Waals surface area contributed by atoms with Gasteiger partial charge in [0, 0.05) is 30.6 Å². The molecule has 0 saturated heterocycles. The quantitative estimate of drug-likeness (QED) is 0.587. The Hall–Kier alpha value is -3.08. The van der Waals surface area contributed by atoms with Crippen molar-refractivity contribution in [1.82, 2.24) is 15.3 Å². The molecule has 2 heterocycles. The number of fused-ring (bicyclic) bond motifs is 2. The molecule has 0 radical (unpaired) electrons. The van der Waals surface area contributed by atoms with E-state index >= 15 is 0 Å². The summed E-state index contributed by atoms with van der Waals surface area (Å²) in [6.07, 6.45) is 3.16. The normalized spacial score (nSPS) is 11.2. The zero-order valence-corrected chi connectivity index (χ0v) is 14.0. The summed E-state index contributed by atoms with van der Waals surface area (Å²) in [5, 5.41) is 4.20. The number of aryl methyl sites for hydroxylation is 1. The van der Waals surface area contributed by atoms with Gasteiger partial charge in [-0.2, -0.15) is 0 Å². The Bertz CT molecular complexity index is 1050. The molecule has 0 aliphatic heterocycles. The molecule has 4 rings (SSSR count). The predicted octanol–water partition coefficient (Wildman–Crippen LogP) is 3.52. The minimum Gasteiger partial charge on any atom is -0.441 e. The summed E-state index contributed by atoms with van der Waals surface area (Å²) in [5.74, 6) is 0.648. The Labute approximate surface area is 145 Å². The lowest BCUT2D eigenvalue weighted by molar-refractivity contribution is -0.120. The fraction of sp³-hybridized carbons (Fsp3) is 0.200. The van der Waals surface area contributed by atoms with E-state index < -0.39 is 0 Å². The molecule has 0 atom stereocenters. The SMILES string of the molecule is Cc1nc2cc(CC(=O)NCCc3c[nH]c4ccccc34)ccc2o1. The van der Waals surface area contributed by atoms with Gasteiger partial charge in [0.05, 0.1) is 6.42 Å². The van der Waals surface area contributed by atoms with Crippen molar-refractivity contribution in [1.29, 1.82) is 0 Å². The number of nitrogens with one attached hydrogen (secondary N) is 2. The summed E-state index contributed by atoms with van der Waals surface area (Å²) in [4.78, 5) is 19.7. The van der Waals surface area contributed by atoms with Crippen molar-refractivity contribution >= 4 is 27.9 Å². The first-order valence-corrected chi connectivity index (χ1v) is 8.37. The van der Waals surface area contributed by atoms with Crippen molar-refractivity contribution in [3.05, 3.63) is 65.7 Å². The maximum atomic E-state index is 12.2. The van der Waals surface area contributed by atoms with E-state index in [2.05, 4.69) is 27.4 Å². The average Bonchev–Trinajstić information content (AvgIpc) is 3.17. The lowest BCUT2D eigenvalue weighted by Gasteiger charge is -2.05. The molecule has 1 amide bonds. The van der Waals surface area contributed by atoms with E-state index in [0.29, 0.717) is 18.9 Å². The van der Waals surface area contributed by atoms with Crippen molar-refractivity contribution in [2.24, 2.45) is 0 Å². The molecule has 0 bridgehead atoms. The minimum atomic E-state index is 0.0133. The van der Waals surface area contributed by atoms with Crippen LogP contribution in [0.3, 0.4) is 0 Å². The highest BCUT2D eigenvalue weighted by Crippen LogP contribution is 2.18. The molecule has 2 aromatic carbocycles. The number of hydrogen-bond donors (Lipinski definition) is 2. The van der Waals surface area contributed by atoms with Crippen LogP contribution in [0.15, 0.2) is 53.1 Å². The van der Waals surface area contributed by atoms with Crippen LogP contribution in [0.4, 0.5) is 0 Å². The van der Waals surface area contributed by atoms with Crippen molar-refractivity contribution in [2.75, 3.05) is 6.54 Å². The van der Waals surface area contributed by atoms with Crippen LogP contribution in [-0.2, 0) is 17.6 Å². The Morgan fingerprint density at radius 1 is 1.24 bits per heavy atom. The van der Waals surface area contributed by atoms with Crippen LogP contribution in [-0.4, -0.2) is 22.4 Å². The summed E-state index contributed by atoms with van der Waals surface area (Å²) in [6.45, 7) is 2.43. The van der Waals surface area contributed by atoms with E-state index in [1.807, 2.05) is 43.5 Å². The van der Waals surface area contributed by atoms with Crippen LogP contribution < -0.4 is 5.32 Å². The molecule has 2 aromatic heterocycles. The zero-order chi connectivity index (χ0) is 17.2. The molecular formula is C20H19N3O2. The first-order valence-electron chi connectivity index (χ1n) is 8.37. The van der Waals surface area contributed by atoms with Gasteiger partial charge in [-0.1, -0.05) is 24.3 Å². The number of aromatic amines is 1. The fourth-order valence-electron chi connectivity index (χ4n) is 3.12. The Morgan fingerprint density at radius 2 is 2.12 bits per heavy atom. The fourth-order valence-corrected chi connectivity index (χ4v) is 3.12. The van der Waals surface area contributed by atoms with E-state index in [1.165, 1.54) is 10.9 Å². The summed E-state index contributed by atoms with van der Waals surface area (Å²) < 4.78 is 5.45. The number of rotatable bonds is 5. The maximum Gasteiger partial charge on any atom is 0.224 e. The van der Waals surface area contributed by atoms with Gasteiger partial charge in [0.1, 0.15) is 5.52 Å². The molecule has 25 heavy (non-hydrogen) atoms. The smallest absolute Gasteiger partial charge is 0.224 e. The third-order valence-corrected chi connectivity index (χ3v) is 4.32. The second-order valence-electron chi connectivity index (χ2n) is 6.17. The van der Waals surface area contributed by atoms with Gasteiger partial charge in [0.25, 0.3) is 0 Å². The summed E-state index contributed by atoms with van der Waals surface area (Å²) in [7, 11) is 0. The van der Waals surface area contributed by atoms with Gasteiger partial charge in [0.2, 0.25) is 5.91 Å². The van der Waals surface area contributed by atoms with Crippen LogP contribution in [0.5, 0.6) is 0 Å². The number of nitrogens with zero attached hydrogens (tertiary/aromatic N) is 1. The Morgan fingerprint density at radius 3 is 3.04 bits per heavy atom. The first kappa shape index (κ1) is 15.4. The first-order chi connectivity index (χ1) is 12.2. The third kappa shape index (κ3) is 3.26. The van der Waals surface area contributed by atoms with Gasteiger partial charge >= 0.3 is 0 Å². The second kappa shape index (κ2) is 6.43. The number of carbonyl (C=O) groups is 1. The number of amides is 1. The van der Waals surface area contributed by atoms with E-state index in [4.69, 9.17) is 4.42 Å². The molecule has 5 heteroatoms. The monoisotopic (exact) mass is 333 g/mol. The molecule has 0 aliphatic rings. The van der Waals surface area contributed by atoms with Crippen molar-refractivity contribution in [2.45, 2.75) is 19.8 Å². The van der Waals surface area contributed by atoms with Gasteiger partial charge < -0.3 is 14.7 Å². The summed E-state index contributed by atoms with van der Waals surface area (Å²) in [5.41, 5.74) is 4.82. The van der Waals surface area contributed by atoms with E-state index in [-0.39, 0.29) is 5.91 Å². The topological polar surface area (TPSA) is 70.9 Å². The lowest BCUT2D eigenvalue weighted by Crippen LogP contribution is -2.27. The average molecular weight is 333 g/mol. The van der Waals surface area contributed by atoms with E-state index in [0.717, 1.165) is 28.6 Å². The van der Waals surface area contributed by atoms with E-state index in [9.17, 15) is 4.79 Å². The van der Waals surface area contributed by atoms with Crippen LogP contribution >= 0.6 is 0 Å². The molecule has 126 valence electrons. The van der Waals surface area contributed by atoms with Gasteiger partial charge in [-0.3, -0.25) is 4.79 Å². The molecule has 0 fully saturated rings. The highest BCUT2D eigenvalue weighted by Gasteiger charge is 2.08. The van der Waals surface area contributed by atoms with Crippen LogP contribution in [0.2, 0.25) is 0 Å². The highest BCUT2D eigenvalue weighted by atomic mass is 16.3. The Kier molecular flexibility index (Phi) is 3.98. The maximum absolute atomic E-state index is 12.2. The van der Waals surface area contributed by atoms with Crippen LogP contribution in [0, 0.1) is 6.92 Å². The van der Waals surface area contributed by atoms with Gasteiger partial charge in [-0.25, -0.2) is 4.98 Å². The molecule has 0 aliphatic carbocycles. The minimum absolute atomic E-state index is 0.0133. The highest BCUT2D eigenvalue weighted by molar-refractivity contribution is 5.83. The molecule has 5 nitrogen and oxygen atoms in total. The second-order valence-corrected chi connectivity index (χ2v) is 6.17. The Balaban J connectivity index is 1.35. The number of H-pyrrole nitrogens is 1. The zero-order valence-electron chi connectivity index (χ0n) is 14.0. The van der Waals surface area contributed by atoms with Gasteiger partial charge in [-0.15, -0.1) is 0 Å². The number of para-hydroxylation sites is 1. The van der Waals surface area contributed by atoms with Crippen molar-refractivity contribution in [3.63, 3.8) is 0 Å². The van der Waals surface area contributed by atoms with Crippen molar-refractivity contribution < 1.29 is 9.21 Å².